The third-order valence-corrected chi connectivity index (χ3v) is 2.73. The first-order valence-electron chi connectivity index (χ1n) is 5.93. The van der Waals surface area contributed by atoms with Crippen LogP contribution in [0.2, 0.25) is 0 Å². The summed E-state index contributed by atoms with van der Waals surface area (Å²) in [5.41, 5.74) is -0.642. The van der Waals surface area contributed by atoms with E-state index in [0.29, 0.717) is 6.54 Å². The Bertz CT molecular complexity index is 438. The SMILES string of the molecule is CNCC(C)C(=O)NCc1ccccc1C(F)(F)F.Cl. The standard InChI is InChI=1S/C13H17F3N2O.ClH/c1-9(7-17-2)12(19)18-8-10-5-3-4-6-11(10)13(14,15)16;/h3-6,9,17H,7-8H2,1-2H3,(H,18,19);1H. The fourth-order valence-electron chi connectivity index (χ4n) is 1.71. The number of hydrogen-bond donors (Lipinski definition) is 2. The van der Waals surface area contributed by atoms with Crippen molar-refractivity contribution in [2.24, 2.45) is 5.92 Å². The molecule has 0 saturated carbocycles. The van der Waals surface area contributed by atoms with Crippen LogP contribution >= 0.6 is 12.4 Å². The maximum atomic E-state index is 12.7. The van der Waals surface area contributed by atoms with Crippen LogP contribution in [0, 0.1) is 5.92 Å². The van der Waals surface area contributed by atoms with Crippen LogP contribution in [0.15, 0.2) is 24.3 Å². The van der Waals surface area contributed by atoms with Gasteiger partial charge < -0.3 is 10.6 Å². The summed E-state index contributed by atoms with van der Waals surface area (Å²) in [4.78, 5) is 11.6. The second-order valence-corrected chi connectivity index (χ2v) is 4.33. The van der Waals surface area contributed by atoms with E-state index in [2.05, 4.69) is 10.6 Å². The molecule has 1 amide bonds. The van der Waals surface area contributed by atoms with Crippen LogP contribution in [-0.4, -0.2) is 19.5 Å². The molecular formula is C13H18ClF3N2O. The van der Waals surface area contributed by atoms with E-state index in [-0.39, 0.29) is 36.3 Å². The zero-order valence-electron chi connectivity index (χ0n) is 11.3. The Kier molecular flexibility index (Phi) is 7.60. The summed E-state index contributed by atoms with van der Waals surface area (Å²) in [6.07, 6.45) is -4.40. The second kappa shape index (κ2) is 8.11. The summed E-state index contributed by atoms with van der Waals surface area (Å²) in [6, 6.07) is 5.23. The van der Waals surface area contributed by atoms with E-state index in [9.17, 15) is 18.0 Å². The number of carbonyl (C=O) groups excluding carboxylic acids is 1. The molecule has 7 heteroatoms. The maximum absolute atomic E-state index is 12.7. The summed E-state index contributed by atoms with van der Waals surface area (Å²) in [5, 5.41) is 5.36. The van der Waals surface area contributed by atoms with Gasteiger partial charge in [0.25, 0.3) is 0 Å². The molecule has 0 radical (unpaired) electrons. The first-order valence-corrected chi connectivity index (χ1v) is 5.93. The highest BCUT2D eigenvalue weighted by Gasteiger charge is 2.32. The monoisotopic (exact) mass is 310 g/mol. The van der Waals surface area contributed by atoms with Gasteiger partial charge in [0.1, 0.15) is 0 Å². The second-order valence-electron chi connectivity index (χ2n) is 4.33. The van der Waals surface area contributed by atoms with E-state index in [0.717, 1.165) is 6.07 Å². The lowest BCUT2D eigenvalue weighted by atomic mass is 10.1. The number of carbonyl (C=O) groups is 1. The van der Waals surface area contributed by atoms with Crippen LogP contribution < -0.4 is 10.6 Å². The number of benzene rings is 1. The fraction of sp³-hybridized carbons (Fsp3) is 0.462. The molecule has 1 rings (SSSR count). The Labute approximate surface area is 122 Å². The molecule has 20 heavy (non-hydrogen) atoms. The summed E-state index contributed by atoms with van der Waals surface area (Å²) >= 11 is 0. The number of amides is 1. The molecule has 0 heterocycles. The highest BCUT2D eigenvalue weighted by atomic mass is 35.5. The molecule has 3 nitrogen and oxygen atoms in total. The lowest BCUT2D eigenvalue weighted by Gasteiger charge is -2.15. The molecule has 0 fully saturated rings. The Morgan fingerprint density at radius 2 is 1.90 bits per heavy atom. The molecule has 0 aliphatic heterocycles. The van der Waals surface area contributed by atoms with Crippen LogP contribution in [-0.2, 0) is 17.5 Å². The van der Waals surface area contributed by atoms with E-state index >= 15 is 0 Å². The van der Waals surface area contributed by atoms with Crippen molar-refractivity contribution in [3.05, 3.63) is 35.4 Å². The number of halogens is 4. The third-order valence-electron chi connectivity index (χ3n) is 2.73. The van der Waals surface area contributed by atoms with Gasteiger partial charge in [-0.05, 0) is 18.7 Å². The number of nitrogens with one attached hydrogen (secondary N) is 2. The van der Waals surface area contributed by atoms with Crippen molar-refractivity contribution in [1.29, 1.82) is 0 Å². The summed E-state index contributed by atoms with van der Waals surface area (Å²) < 4.78 is 38.2. The van der Waals surface area contributed by atoms with Gasteiger partial charge in [-0.3, -0.25) is 4.79 Å². The summed E-state index contributed by atoms with van der Waals surface area (Å²) in [7, 11) is 1.71. The van der Waals surface area contributed by atoms with Gasteiger partial charge in [0, 0.05) is 19.0 Å². The van der Waals surface area contributed by atoms with Gasteiger partial charge in [-0.25, -0.2) is 0 Å². The normalized spacial score (nSPS) is 12.4. The molecule has 1 aromatic rings. The van der Waals surface area contributed by atoms with Crippen molar-refractivity contribution < 1.29 is 18.0 Å². The van der Waals surface area contributed by atoms with Gasteiger partial charge in [0.05, 0.1) is 5.56 Å². The zero-order chi connectivity index (χ0) is 14.5. The maximum Gasteiger partial charge on any atom is 0.416 e. The van der Waals surface area contributed by atoms with Crippen molar-refractivity contribution >= 4 is 18.3 Å². The predicted molar refractivity (Wildman–Crippen MR) is 73.6 cm³/mol. The van der Waals surface area contributed by atoms with Crippen molar-refractivity contribution in [1.82, 2.24) is 10.6 Å². The highest BCUT2D eigenvalue weighted by Crippen LogP contribution is 2.31. The summed E-state index contributed by atoms with van der Waals surface area (Å²) in [6.45, 7) is 2.07. The van der Waals surface area contributed by atoms with Gasteiger partial charge in [0.15, 0.2) is 0 Å². The van der Waals surface area contributed by atoms with E-state index in [1.54, 1.807) is 14.0 Å². The van der Waals surface area contributed by atoms with E-state index in [4.69, 9.17) is 0 Å². The molecule has 0 aliphatic rings. The van der Waals surface area contributed by atoms with Crippen LogP contribution in [0.5, 0.6) is 0 Å². The quantitative estimate of drug-likeness (QED) is 0.878. The van der Waals surface area contributed by atoms with Gasteiger partial charge in [-0.15, -0.1) is 12.4 Å². The van der Waals surface area contributed by atoms with E-state index in [1.165, 1.54) is 18.2 Å². The van der Waals surface area contributed by atoms with Crippen molar-refractivity contribution in [2.75, 3.05) is 13.6 Å². The molecular weight excluding hydrogens is 293 g/mol. The molecule has 1 aromatic carbocycles. The Morgan fingerprint density at radius 1 is 1.30 bits per heavy atom. The number of alkyl halides is 3. The average Bonchev–Trinajstić information content (AvgIpc) is 2.35. The predicted octanol–water partition coefficient (Wildman–Crippen LogP) is 2.60. The molecule has 1 atom stereocenters. The van der Waals surface area contributed by atoms with Crippen LogP contribution in [0.4, 0.5) is 13.2 Å². The Morgan fingerprint density at radius 3 is 2.45 bits per heavy atom. The summed E-state index contributed by atoms with van der Waals surface area (Å²) in [5.74, 6) is -0.561. The number of rotatable bonds is 5. The lowest BCUT2D eigenvalue weighted by Crippen LogP contribution is -2.34. The van der Waals surface area contributed by atoms with Crippen molar-refractivity contribution in [3.63, 3.8) is 0 Å². The van der Waals surface area contributed by atoms with Crippen molar-refractivity contribution in [2.45, 2.75) is 19.6 Å². The Balaban J connectivity index is 0.00000361. The van der Waals surface area contributed by atoms with E-state index in [1.807, 2.05) is 0 Å². The molecule has 0 aromatic heterocycles. The molecule has 0 bridgehead atoms. The molecule has 114 valence electrons. The largest absolute Gasteiger partial charge is 0.416 e. The molecule has 0 saturated heterocycles. The molecule has 0 aliphatic carbocycles. The smallest absolute Gasteiger partial charge is 0.352 e. The molecule has 0 spiro atoms. The minimum atomic E-state index is -4.40. The van der Waals surface area contributed by atoms with Crippen molar-refractivity contribution in [3.8, 4) is 0 Å². The zero-order valence-corrected chi connectivity index (χ0v) is 12.1. The highest BCUT2D eigenvalue weighted by molar-refractivity contribution is 5.85. The Hall–Kier alpha value is -1.27. The van der Waals surface area contributed by atoms with Gasteiger partial charge in [-0.2, -0.15) is 13.2 Å². The minimum absolute atomic E-state index is 0. The average molecular weight is 311 g/mol. The third kappa shape index (κ3) is 5.38. The molecule has 2 N–H and O–H groups in total. The lowest BCUT2D eigenvalue weighted by molar-refractivity contribution is -0.138. The van der Waals surface area contributed by atoms with Crippen LogP contribution in [0.1, 0.15) is 18.1 Å². The van der Waals surface area contributed by atoms with Gasteiger partial charge >= 0.3 is 6.18 Å². The van der Waals surface area contributed by atoms with Crippen LogP contribution in [0.25, 0.3) is 0 Å². The first-order chi connectivity index (χ1) is 8.86. The topological polar surface area (TPSA) is 41.1 Å². The molecule has 1 unspecified atom stereocenters. The van der Waals surface area contributed by atoms with Gasteiger partial charge in [-0.1, -0.05) is 25.1 Å². The minimum Gasteiger partial charge on any atom is -0.352 e. The fourth-order valence-corrected chi connectivity index (χ4v) is 1.71. The van der Waals surface area contributed by atoms with E-state index < -0.39 is 11.7 Å². The first kappa shape index (κ1) is 18.7. The van der Waals surface area contributed by atoms with Crippen LogP contribution in [0.3, 0.4) is 0 Å². The number of hydrogen-bond acceptors (Lipinski definition) is 2. The van der Waals surface area contributed by atoms with Gasteiger partial charge in [0.2, 0.25) is 5.91 Å².